The first-order chi connectivity index (χ1) is 5.77. The molecule has 0 aromatic heterocycles. The van der Waals surface area contributed by atoms with Crippen molar-refractivity contribution in [2.45, 2.75) is 32.6 Å². The monoisotopic (exact) mass is 248 g/mol. The Labute approximate surface area is 88.6 Å². The molecule has 0 radical (unpaired) electrons. The van der Waals surface area contributed by atoms with Crippen molar-refractivity contribution in [2.75, 3.05) is 6.26 Å². The van der Waals surface area contributed by atoms with Crippen molar-refractivity contribution >= 4 is 27.7 Å². The second kappa shape index (κ2) is 9.40. The molecular formula is C10H17BrS. The van der Waals surface area contributed by atoms with Crippen molar-refractivity contribution in [2.24, 2.45) is 0 Å². The Balaban J connectivity index is 3.11. The number of halogens is 1. The minimum Gasteiger partial charge on any atom is -0.138 e. The van der Waals surface area contributed by atoms with Crippen LogP contribution < -0.4 is 0 Å². The van der Waals surface area contributed by atoms with Crippen LogP contribution in [0.4, 0.5) is 0 Å². The Morgan fingerprint density at radius 2 is 2.00 bits per heavy atom. The van der Waals surface area contributed by atoms with E-state index in [9.17, 15) is 0 Å². The second-order valence-corrected chi connectivity index (χ2v) is 4.68. The Hall–Kier alpha value is 0.310. The predicted octanol–water partition coefficient (Wildman–Crippen LogP) is 4.72. The van der Waals surface area contributed by atoms with Crippen LogP contribution in [0.15, 0.2) is 22.0 Å². The van der Waals surface area contributed by atoms with Crippen molar-refractivity contribution in [1.82, 2.24) is 0 Å². The van der Waals surface area contributed by atoms with Crippen LogP contribution in [-0.4, -0.2) is 6.26 Å². The van der Waals surface area contributed by atoms with Crippen molar-refractivity contribution in [3.05, 3.63) is 22.0 Å². The van der Waals surface area contributed by atoms with Crippen LogP contribution in [0.3, 0.4) is 0 Å². The van der Waals surface area contributed by atoms with E-state index in [2.05, 4.69) is 46.7 Å². The van der Waals surface area contributed by atoms with Gasteiger partial charge in [0, 0.05) is 0 Å². The Morgan fingerprint density at radius 3 is 2.58 bits per heavy atom. The summed E-state index contributed by atoms with van der Waals surface area (Å²) in [6, 6.07) is 0. The first-order valence-electron chi connectivity index (χ1n) is 4.27. The minimum absolute atomic E-state index is 1.20. The molecule has 0 atom stereocenters. The number of hydrogen-bond donors (Lipinski definition) is 0. The molecule has 2 heteroatoms. The molecule has 0 aliphatic carbocycles. The first-order valence-corrected chi connectivity index (χ1v) is 6.35. The van der Waals surface area contributed by atoms with Crippen LogP contribution in [0.2, 0.25) is 0 Å². The SMILES string of the molecule is CS/C=C\CCCC/C=C(/C)Br. The van der Waals surface area contributed by atoms with E-state index in [1.54, 1.807) is 11.8 Å². The minimum atomic E-state index is 1.20. The maximum Gasteiger partial charge on any atom is -0.0120 e. The van der Waals surface area contributed by atoms with E-state index < -0.39 is 0 Å². The topological polar surface area (TPSA) is 0 Å². The zero-order valence-corrected chi connectivity index (χ0v) is 10.2. The summed E-state index contributed by atoms with van der Waals surface area (Å²) < 4.78 is 1.25. The third-order valence-corrected chi connectivity index (χ3v) is 2.27. The van der Waals surface area contributed by atoms with Gasteiger partial charge in [-0.1, -0.05) is 28.1 Å². The predicted molar refractivity (Wildman–Crippen MR) is 63.8 cm³/mol. The van der Waals surface area contributed by atoms with Crippen molar-refractivity contribution < 1.29 is 0 Å². The molecule has 0 amide bonds. The highest BCUT2D eigenvalue weighted by atomic mass is 79.9. The van der Waals surface area contributed by atoms with E-state index in [-0.39, 0.29) is 0 Å². The smallest absolute Gasteiger partial charge is 0.0120 e. The third kappa shape index (κ3) is 10.3. The molecule has 0 nitrogen and oxygen atoms in total. The lowest BCUT2D eigenvalue weighted by molar-refractivity contribution is 0.762. The van der Waals surface area contributed by atoms with E-state index in [4.69, 9.17) is 0 Å². The van der Waals surface area contributed by atoms with Gasteiger partial charge in [0.2, 0.25) is 0 Å². The van der Waals surface area contributed by atoms with Gasteiger partial charge >= 0.3 is 0 Å². The number of unbranched alkanes of at least 4 members (excludes halogenated alkanes) is 3. The summed E-state index contributed by atoms with van der Waals surface area (Å²) in [5.41, 5.74) is 0. The summed E-state index contributed by atoms with van der Waals surface area (Å²) in [7, 11) is 0. The first kappa shape index (κ1) is 12.3. The fourth-order valence-corrected chi connectivity index (χ4v) is 1.43. The largest absolute Gasteiger partial charge is 0.138 e. The molecule has 0 heterocycles. The van der Waals surface area contributed by atoms with Crippen LogP contribution in [-0.2, 0) is 0 Å². The van der Waals surface area contributed by atoms with E-state index in [1.807, 2.05) is 0 Å². The molecule has 0 aliphatic heterocycles. The molecule has 12 heavy (non-hydrogen) atoms. The molecule has 70 valence electrons. The number of allylic oxidation sites excluding steroid dienone is 3. The summed E-state index contributed by atoms with van der Waals surface area (Å²) >= 11 is 5.18. The van der Waals surface area contributed by atoms with Crippen LogP contribution in [0.5, 0.6) is 0 Å². The van der Waals surface area contributed by atoms with Crippen LogP contribution in [0, 0.1) is 0 Å². The Bertz CT molecular complexity index is 146. The third-order valence-electron chi connectivity index (χ3n) is 1.48. The van der Waals surface area contributed by atoms with Crippen molar-refractivity contribution in [3.63, 3.8) is 0 Å². The zero-order valence-electron chi connectivity index (χ0n) is 7.85. The molecule has 0 bridgehead atoms. The standard InChI is InChI=1S/C10H17BrS/c1-10(11)8-6-4-3-5-7-9-12-2/h7-9H,3-6H2,1-2H3/b9-7-,10-8-. The summed E-state index contributed by atoms with van der Waals surface area (Å²) in [5, 5.41) is 2.16. The zero-order chi connectivity index (χ0) is 9.23. The fraction of sp³-hybridized carbons (Fsp3) is 0.600. The van der Waals surface area contributed by atoms with Gasteiger partial charge in [-0.2, -0.15) is 0 Å². The van der Waals surface area contributed by atoms with Gasteiger partial charge in [-0.3, -0.25) is 0 Å². The van der Waals surface area contributed by atoms with Gasteiger partial charge in [-0.15, -0.1) is 11.8 Å². The van der Waals surface area contributed by atoms with Gasteiger partial charge in [0.1, 0.15) is 0 Å². The van der Waals surface area contributed by atoms with Gasteiger partial charge < -0.3 is 0 Å². The molecule has 0 aliphatic rings. The van der Waals surface area contributed by atoms with Gasteiger partial charge in [0.15, 0.2) is 0 Å². The molecule has 0 aromatic rings. The van der Waals surface area contributed by atoms with E-state index in [1.165, 1.54) is 30.2 Å². The summed E-state index contributed by atoms with van der Waals surface area (Å²) in [5.74, 6) is 0. The lowest BCUT2D eigenvalue weighted by Crippen LogP contribution is -1.72. The van der Waals surface area contributed by atoms with E-state index >= 15 is 0 Å². The van der Waals surface area contributed by atoms with Crippen LogP contribution >= 0.6 is 27.7 Å². The van der Waals surface area contributed by atoms with E-state index in [0.29, 0.717) is 0 Å². The highest BCUT2D eigenvalue weighted by Crippen LogP contribution is 2.08. The Morgan fingerprint density at radius 1 is 1.33 bits per heavy atom. The molecule has 0 saturated heterocycles. The highest BCUT2D eigenvalue weighted by Gasteiger charge is 1.84. The maximum atomic E-state index is 3.41. The molecule has 0 saturated carbocycles. The fourth-order valence-electron chi connectivity index (χ4n) is 0.872. The van der Waals surface area contributed by atoms with Gasteiger partial charge in [0.05, 0.1) is 0 Å². The van der Waals surface area contributed by atoms with Crippen molar-refractivity contribution in [3.8, 4) is 0 Å². The molecule has 0 N–H and O–H groups in total. The summed E-state index contributed by atoms with van der Waals surface area (Å²) in [6.07, 6.45) is 11.6. The van der Waals surface area contributed by atoms with Crippen LogP contribution in [0.1, 0.15) is 32.6 Å². The van der Waals surface area contributed by atoms with E-state index in [0.717, 1.165) is 0 Å². The lowest BCUT2D eigenvalue weighted by atomic mass is 10.2. The number of thioether (sulfide) groups is 1. The quantitative estimate of drug-likeness (QED) is 0.613. The maximum absolute atomic E-state index is 3.41. The number of hydrogen-bond acceptors (Lipinski definition) is 1. The van der Waals surface area contributed by atoms with Gasteiger partial charge in [0.25, 0.3) is 0 Å². The van der Waals surface area contributed by atoms with Crippen LogP contribution in [0.25, 0.3) is 0 Å². The summed E-state index contributed by atoms with van der Waals surface area (Å²) in [4.78, 5) is 0. The molecule has 0 aromatic carbocycles. The molecular weight excluding hydrogens is 232 g/mol. The normalized spacial score (nSPS) is 12.8. The lowest BCUT2D eigenvalue weighted by Gasteiger charge is -1.93. The molecule has 0 unspecified atom stereocenters. The van der Waals surface area contributed by atoms with Gasteiger partial charge in [-0.25, -0.2) is 0 Å². The molecule has 0 fully saturated rings. The summed E-state index contributed by atoms with van der Waals surface area (Å²) in [6.45, 7) is 2.08. The second-order valence-electron chi connectivity index (χ2n) is 2.68. The molecule has 0 spiro atoms. The highest BCUT2D eigenvalue weighted by molar-refractivity contribution is 9.11. The van der Waals surface area contributed by atoms with Gasteiger partial charge in [-0.05, 0) is 48.8 Å². The Kier molecular flexibility index (Phi) is 9.64. The average Bonchev–Trinajstić information content (AvgIpc) is 2.02. The molecule has 0 rings (SSSR count). The van der Waals surface area contributed by atoms with Crippen molar-refractivity contribution in [1.29, 1.82) is 0 Å². The number of rotatable bonds is 6. The average molecular weight is 249 g/mol.